The van der Waals surface area contributed by atoms with Crippen molar-refractivity contribution >= 4 is 28.1 Å². The lowest BCUT2D eigenvalue weighted by Gasteiger charge is -2.23. The highest BCUT2D eigenvalue weighted by molar-refractivity contribution is 5.88. The molecule has 0 bridgehead atoms. The number of aromatic nitrogens is 1. The molecule has 0 fully saturated rings. The molecular weight excluding hydrogens is 294 g/mol. The third-order valence-electron chi connectivity index (χ3n) is 4.20. The maximum atomic E-state index is 5.73. The van der Waals surface area contributed by atoms with Crippen LogP contribution in [0.15, 0.2) is 84.9 Å². The summed E-state index contributed by atoms with van der Waals surface area (Å²) in [6.07, 6.45) is 0. The van der Waals surface area contributed by atoms with Crippen LogP contribution in [0.5, 0.6) is 0 Å². The molecule has 3 aromatic carbocycles. The molecule has 3 heteroatoms. The molecule has 4 aromatic rings. The number of fused-ring (bicyclic) bond motifs is 1. The lowest BCUT2D eigenvalue weighted by Crippen LogP contribution is -2.10. The predicted molar refractivity (Wildman–Crippen MR) is 101 cm³/mol. The summed E-state index contributed by atoms with van der Waals surface area (Å²) in [5.74, 6) is 1.04. The van der Waals surface area contributed by atoms with Crippen LogP contribution in [-0.2, 0) is 6.54 Å². The van der Waals surface area contributed by atoms with Gasteiger partial charge in [-0.05, 0) is 42.0 Å². The zero-order valence-corrected chi connectivity index (χ0v) is 13.3. The van der Waals surface area contributed by atoms with Gasteiger partial charge >= 0.3 is 0 Å². The lowest BCUT2D eigenvalue weighted by molar-refractivity contribution is 1.07. The Labute approximate surface area is 141 Å². The van der Waals surface area contributed by atoms with Gasteiger partial charge in [-0.15, -0.1) is 0 Å². The Morgan fingerprint density at radius 3 is 2.12 bits per heavy atom. The molecule has 0 aliphatic heterocycles. The van der Waals surface area contributed by atoms with Crippen LogP contribution in [0.1, 0.15) is 5.56 Å². The molecule has 3 N–H and O–H groups in total. The fourth-order valence-electron chi connectivity index (χ4n) is 2.96. The van der Waals surface area contributed by atoms with Gasteiger partial charge in [-0.25, -0.2) is 0 Å². The van der Waals surface area contributed by atoms with E-state index in [9.17, 15) is 0 Å². The fraction of sp³-hybridized carbons (Fsp3) is 0.0476. The van der Waals surface area contributed by atoms with Gasteiger partial charge in [-0.2, -0.15) is 0 Å². The quantitative estimate of drug-likeness (QED) is 0.551. The third-order valence-corrected chi connectivity index (χ3v) is 4.20. The highest BCUT2D eigenvalue weighted by atomic mass is 15.2. The number of hydrogen-bond acceptors (Lipinski definition) is 2. The number of hydrogen-bond donors (Lipinski definition) is 2. The molecule has 0 saturated heterocycles. The summed E-state index contributed by atoms with van der Waals surface area (Å²) in [6.45, 7) is 0.554. The molecule has 0 radical (unpaired) electrons. The minimum absolute atomic E-state index is 0.554. The first kappa shape index (κ1) is 14.5. The molecule has 118 valence electrons. The van der Waals surface area contributed by atoms with Gasteiger partial charge in [-0.1, -0.05) is 48.5 Å². The highest BCUT2D eigenvalue weighted by Crippen LogP contribution is 2.35. The third kappa shape index (κ3) is 2.66. The maximum absolute atomic E-state index is 5.73. The highest BCUT2D eigenvalue weighted by Gasteiger charge is 2.14. The Hall–Kier alpha value is -3.04. The van der Waals surface area contributed by atoms with Crippen molar-refractivity contribution in [2.75, 3.05) is 4.90 Å². The molecule has 3 nitrogen and oxygen atoms in total. The number of H-pyrrole nitrogens is 1. The van der Waals surface area contributed by atoms with Crippen molar-refractivity contribution in [3.63, 3.8) is 0 Å². The molecule has 0 unspecified atom stereocenters. The largest absolute Gasteiger partial charge is 0.341 e. The number of benzene rings is 3. The van der Waals surface area contributed by atoms with Crippen LogP contribution in [0.4, 0.5) is 17.2 Å². The van der Waals surface area contributed by atoms with E-state index in [1.54, 1.807) is 0 Å². The van der Waals surface area contributed by atoms with Crippen LogP contribution < -0.4 is 10.6 Å². The van der Waals surface area contributed by atoms with Crippen LogP contribution in [0.25, 0.3) is 10.9 Å². The second-order valence-corrected chi connectivity index (χ2v) is 5.78. The van der Waals surface area contributed by atoms with Gasteiger partial charge in [0.2, 0.25) is 0 Å². The molecule has 0 atom stereocenters. The van der Waals surface area contributed by atoms with Gasteiger partial charge in [0.25, 0.3) is 0 Å². The van der Waals surface area contributed by atoms with E-state index < -0.39 is 0 Å². The van der Waals surface area contributed by atoms with E-state index >= 15 is 0 Å². The summed E-state index contributed by atoms with van der Waals surface area (Å²) in [5, 5.41) is 1.20. The predicted octanol–water partition coefficient (Wildman–Crippen LogP) is 5.10. The van der Waals surface area contributed by atoms with E-state index in [1.807, 2.05) is 12.1 Å². The van der Waals surface area contributed by atoms with Gasteiger partial charge in [0.15, 0.2) is 0 Å². The van der Waals surface area contributed by atoms with Crippen molar-refractivity contribution in [2.24, 2.45) is 5.73 Å². The standard InChI is InChI=1S/C21H19N3/c22-15-16-10-12-19(13-11-16)24(18-7-2-1-3-8-18)21-14-17-6-4-5-9-20(17)23-21/h1-14,23H,15,22H2. The summed E-state index contributed by atoms with van der Waals surface area (Å²) >= 11 is 0. The Bertz CT molecular complexity index is 907. The van der Waals surface area contributed by atoms with Crippen LogP contribution in [-0.4, -0.2) is 4.98 Å². The van der Waals surface area contributed by atoms with Gasteiger partial charge < -0.3 is 10.7 Å². The van der Waals surface area contributed by atoms with E-state index in [4.69, 9.17) is 5.73 Å². The minimum Gasteiger partial charge on any atom is -0.341 e. The summed E-state index contributed by atoms with van der Waals surface area (Å²) in [5.41, 5.74) is 10.2. The number of nitrogens with two attached hydrogens (primary N) is 1. The monoisotopic (exact) mass is 313 g/mol. The number of rotatable bonds is 4. The smallest absolute Gasteiger partial charge is 0.116 e. The zero-order valence-electron chi connectivity index (χ0n) is 13.3. The molecule has 4 rings (SSSR count). The number of aromatic amines is 1. The average Bonchev–Trinajstić information content (AvgIpc) is 3.07. The average molecular weight is 313 g/mol. The fourth-order valence-corrected chi connectivity index (χ4v) is 2.96. The summed E-state index contributed by atoms with van der Waals surface area (Å²) in [7, 11) is 0. The van der Waals surface area contributed by atoms with Crippen molar-refractivity contribution < 1.29 is 0 Å². The number of anilines is 3. The van der Waals surface area contributed by atoms with Crippen molar-refractivity contribution in [3.05, 3.63) is 90.5 Å². The molecule has 0 spiro atoms. The molecule has 0 saturated carbocycles. The molecule has 1 heterocycles. The number of para-hydroxylation sites is 2. The van der Waals surface area contributed by atoms with Crippen molar-refractivity contribution in [1.82, 2.24) is 4.98 Å². The normalized spacial score (nSPS) is 10.9. The summed E-state index contributed by atoms with van der Waals surface area (Å²) < 4.78 is 0. The van der Waals surface area contributed by atoms with E-state index in [-0.39, 0.29) is 0 Å². The second kappa shape index (κ2) is 6.22. The van der Waals surface area contributed by atoms with Gasteiger partial charge in [0.05, 0.1) is 0 Å². The van der Waals surface area contributed by atoms with Crippen LogP contribution >= 0.6 is 0 Å². The Morgan fingerprint density at radius 2 is 1.42 bits per heavy atom. The molecule has 0 aliphatic carbocycles. The molecule has 0 amide bonds. The maximum Gasteiger partial charge on any atom is 0.116 e. The molecule has 1 aromatic heterocycles. The van der Waals surface area contributed by atoms with Crippen LogP contribution in [0.2, 0.25) is 0 Å². The number of nitrogens with one attached hydrogen (secondary N) is 1. The second-order valence-electron chi connectivity index (χ2n) is 5.78. The van der Waals surface area contributed by atoms with Crippen molar-refractivity contribution in [1.29, 1.82) is 0 Å². The first-order chi connectivity index (χ1) is 11.8. The summed E-state index contributed by atoms with van der Waals surface area (Å²) in [4.78, 5) is 5.74. The molecule has 24 heavy (non-hydrogen) atoms. The van der Waals surface area contributed by atoms with E-state index in [0.717, 1.165) is 28.3 Å². The van der Waals surface area contributed by atoms with Gasteiger partial charge in [-0.3, -0.25) is 4.90 Å². The zero-order chi connectivity index (χ0) is 16.4. The van der Waals surface area contributed by atoms with Gasteiger partial charge in [0, 0.05) is 28.8 Å². The number of nitrogens with zero attached hydrogens (tertiary/aromatic N) is 1. The Balaban J connectivity index is 1.86. The van der Waals surface area contributed by atoms with Crippen molar-refractivity contribution in [3.8, 4) is 0 Å². The first-order valence-corrected chi connectivity index (χ1v) is 8.07. The first-order valence-electron chi connectivity index (χ1n) is 8.07. The Kier molecular flexibility index (Phi) is 3.77. The molecular formula is C21H19N3. The topological polar surface area (TPSA) is 45.0 Å². The minimum atomic E-state index is 0.554. The van der Waals surface area contributed by atoms with E-state index in [2.05, 4.69) is 82.7 Å². The van der Waals surface area contributed by atoms with E-state index in [0.29, 0.717) is 6.54 Å². The van der Waals surface area contributed by atoms with Crippen LogP contribution in [0, 0.1) is 0 Å². The van der Waals surface area contributed by atoms with E-state index in [1.165, 1.54) is 5.39 Å². The Morgan fingerprint density at radius 1 is 0.750 bits per heavy atom. The lowest BCUT2D eigenvalue weighted by atomic mass is 10.1. The van der Waals surface area contributed by atoms with Crippen molar-refractivity contribution in [2.45, 2.75) is 6.54 Å². The van der Waals surface area contributed by atoms with Crippen LogP contribution in [0.3, 0.4) is 0 Å². The SMILES string of the molecule is NCc1ccc(N(c2ccccc2)c2cc3ccccc3[nH]2)cc1. The summed E-state index contributed by atoms with van der Waals surface area (Å²) in [6, 6.07) is 29.2. The van der Waals surface area contributed by atoms with Gasteiger partial charge in [0.1, 0.15) is 5.82 Å². The molecule has 0 aliphatic rings.